The fraction of sp³-hybridized carbons (Fsp3) is 0.421. The zero-order chi connectivity index (χ0) is 18.1. The van der Waals surface area contributed by atoms with Crippen molar-refractivity contribution in [3.8, 4) is 17.0 Å². The molecule has 0 saturated heterocycles. The minimum atomic E-state index is -0.368. The summed E-state index contributed by atoms with van der Waals surface area (Å²) in [5, 5.41) is 2.95. The zero-order valence-corrected chi connectivity index (χ0v) is 15.4. The van der Waals surface area contributed by atoms with Crippen LogP contribution in [0.1, 0.15) is 30.7 Å². The summed E-state index contributed by atoms with van der Waals surface area (Å²) >= 11 is 1.57. The van der Waals surface area contributed by atoms with E-state index in [2.05, 4.69) is 4.98 Å². The van der Waals surface area contributed by atoms with Gasteiger partial charge in [0.05, 0.1) is 16.4 Å². The smallest absolute Gasteiger partial charge is 0.326 e. The van der Waals surface area contributed by atoms with Gasteiger partial charge in [-0.25, -0.2) is 4.98 Å². The van der Waals surface area contributed by atoms with Gasteiger partial charge in [0.15, 0.2) is 6.61 Å². The molecule has 1 saturated carbocycles. The van der Waals surface area contributed by atoms with Gasteiger partial charge in [-0.15, -0.1) is 11.3 Å². The maximum Gasteiger partial charge on any atom is 0.326 e. The van der Waals surface area contributed by atoms with Crippen molar-refractivity contribution in [3.05, 3.63) is 28.6 Å². The maximum atomic E-state index is 12.4. The van der Waals surface area contributed by atoms with Crippen LogP contribution in [0.15, 0.2) is 23.6 Å². The minimum Gasteiger partial charge on any atom is -0.482 e. The highest BCUT2D eigenvalue weighted by molar-refractivity contribution is 7.09. The lowest BCUT2D eigenvalue weighted by Gasteiger charge is -2.29. The highest BCUT2D eigenvalue weighted by Crippen LogP contribution is 2.36. The minimum absolute atomic E-state index is 0.0116. The van der Waals surface area contributed by atoms with Crippen LogP contribution in [0.3, 0.4) is 0 Å². The number of anilines is 1. The normalized spacial score (nSPS) is 17.1. The molecule has 0 unspecified atom stereocenters. The zero-order valence-electron chi connectivity index (χ0n) is 14.6. The molecule has 0 atom stereocenters. The van der Waals surface area contributed by atoms with Gasteiger partial charge in [-0.05, 0) is 50.8 Å². The molecule has 1 fully saturated rings. The summed E-state index contributed by atoms with van der Waals surface area (Å²) in [4.78, 5) is 30.6. The molecule has 1 aromatic heterocycles. The first-order valence-corrected chi connectivity index (χ1v) is 9.67. The molecule has 136 valence electrons. The third-order valence-electron chi connectivity index (χ3n) is 4.70. The molecular weight excluding hydrogens is 352 g/mol. The molecule has 6 nitrogen and oxygen atoms in total. The summed E-state index contributed by atoms with van der Waals surface area (Å²) in [5.41, 5.74) is 2.33. The Labute approximate surface area is 155 Å². The Kier molecular flexibility index (Phi) is 4.63. The Morgan fingerprint density at radius 2 is 2.19 bits per heavy atom. The van der Waals surface area contributed by atoms with E-state index in [0.717, 1.165) is 41.9 Å². The number of rotatable bonds is 4. The fourth-order valence-electron chi connectivity index (χ4n) is 3.39. The number of nitrogens with zero attached hydrogens (tertiary/aromatic N) is 2. The lowest BCUT2D eigenvalue weighted by Crippen LogP contribution is -2.43. The topological polar surface area (TPSA) is 68.7 Å². The number of aromatic nitrogens is 1. The molecule has 1 aromatic carbocycles. The molecule has 1 aliphatic heterocycles. The van der Waals surface area contributed by atoms with Crippen molar-refractivity contribution >= 4 is 28.9 Å². The predicted octanol–water partition coefficient (Wildman–Crippen LogP) is 3.33. The van der Waals surface area contributed by atoms with Crippen molar-refractivity contribution < 1.29 is 19.1 Å². The third kappa shape index (κ3) is 3.44. The van der Waals surface area contributed by atoms with Crippen molar-refractivity contribution in [2.45, 2.75) is 38.7 Å². The highest BCUT2D eigenvalue weighted by atomic mass is 32.1. The Morgan fingerprint density at radius 1 is 1.38 bits per heavy atom. The van der Waals surface area contributed by atoms with Gasteiger partial charge in [0.2, 0.25) is 0 Å². The molecule has 0 bridgehead atoms. The second kappa shape index (κ2) is 7.07. The second-order valence-corrected chi connectivity index (χ2v) is 7.66. The first-order valence-electron chi connectivity index (χ1n) is 8.79. The largest absolute Gasteiger partial charge is 0.482 e. The summed E-state index contributed by atoms with van der Waals surface area (Å²) in [6.07, 6.45) is 3.99. The maximum absolute atomic E-state index is 12.4. The molecule has 2 aromatic rings. The van der Waals surface area contributed by atoms with E-state index >= 15 is 0 Å². The molecule has 1 aliphatic carbocycles. The molecule has 0 spiro atoms. The summed E-state index contributed by atoms with van der Waals surface area (Å²) < 4.78 is 11.0. The monoisotopic (exact) mass is 372 g/mol. The van der Waals surface area contributed by atoms with Crippen LogP contribution in [0.4, 0.5) is 5.69 Å². The summed E-state index contributed by atoms with van der Waals surface area (Å²) in [6.45, 7) is 1.79. The van der Waals surface area contributed by atoms with E-state index in [4.69, 9.17) is 9.47 Å². The molecule has 1 amide bonds. The second-order valence-electron chi connectivity index (χ2n) is 6.60. The number of aryl methyl sites for hydroxylation is 1. The average molecular weight is 372 g/mol. The Hall–Kier alpha value is -2.41. The lowest BCUT2D eigenvalue weighted by molar-refractivity contribution is -0.147. The predicted molar refractivity (Wildman–Crippen MR) is 98.5 cm³/mol. The van der Waals surface area contributed by atoms with Crippen molar-refractivity contribution in [1.82, 2.24) is 4.98 Å². The van der Waals surface area contributed by atoms with Gasteiger partial charge in [-0.1, -0.05) is 0 Å². The van der Waals surface area contributed by atoms with Gasteiger partial charge in [0.1, 0.15) is 18.4 Å². The van der Waals surface area contributed by atoms with Gasteiger partial charge in [0.25, 0.3) is 5.91 Å². The number of carbonyl (C=O) groups excluding carboxylic acids is 2. The van der Waals surface area contributed by atoms with Crippen LogP contribution >= 0.6 is 11.3 Å². The number of carbonyl (C=O) groups is 2. The number of amides is 1. The van der Waals surface area contributed by atoms with Crippen LogP contribution in [0.5, 0.6) is 5.75 Å². The number of benzene rings is 1. The van der Waals surface area contributed by atoms with Crippen molar-refractivity contribution in [2.75, 3.05) is 18.1 Å². The molecule has 7 heteroatoms. The van der Waals surface area contributed by atoms with Crippen molar-refractivity contribution in [2.24, 2.45) is 0 Å². The number of hydrogen-bond acceptors (Lipinski definition) is 6. The van der Waals surface area contributed by atoms with E-state index in [1.807, 2.05) is 30.5 Å². The Morgan fingerprint density at radius 3 is 2.92 bits per heavy atom. The molecule has 2 heterocycles. The number of thiazole rings is 1. The quantitative estimate of drug-likeness (QED) is 0.770. The van der Waals surface area contributed by atoms with Crippen LogP contribution in [-0.2, 0) is 14.3 Å². The number of ether oxygens (including phenoxy) is 2. The van der Waals surface area contributed by atoms with Gasteiger partial charge in [-0.2, -0.15) is 0 Å². The van der Waals surface area contributed by atoms with E-state index in [9.17, 15) is 9.59 Å². The Balaban J connectivity index is 1.57. The number of fused-ring (bicyclic) bond motifs is 1. The van der Waals surface area contributed by atoms with Crippen LogP contribution < -0.4 is 9.64 Å². The van der Waals surface area contributed by atoms with Gasteiger partial charge in [-0.3, -0.25) is 14.5 Å². The molecule has 4 rings (SSSR count). The standard InChI is InChI=1S/C19H20N2O4S/c1-12-20-15(11-26-12)13-6-7-17-16(8-13)21(18(22)10-24-17)9-19(23)25-14-4-2-3-5-14/h6-8,11,14H,2-5,9-10H2,1H3. The molecule has 26 heavy (non-hydrogen) atoms. The van der Waals surface area contributed by atoms with Crippen LogP contribution in [-0.4, -0.2) is 36.1 Å². The summed E-state index contributed by atoms with van der Waals surface area (Å²) in [7, 11) is 0. The van der Waals surface area contributed by atoms with Gasteiger partial charge in [0, 0.05) is 10.9 Å². The van der Waals surface area contributed by atoms with E-state index in [0.29, 0.717) is 11.4 Å². The summed E-state index contributed by atoms with van der Waals surface area (Å²) in [5.74, 6) is -0.0190. The molecule has 0 radical (unpaired) electrons. The molecular formula is C19H20N2O4S. The van der Waals surface area contributed by atoms with Crippen molar-refractivity contribution in [3.63, 3.8) is 0 Å². The van der Waals surface area contributed by atoms with E-state index < -0.39 is 0 Å². The van der Waals surface area contributed by atoms with Crippen LogP contribution in [0.25, 0.3) is 11.3 Å². The van der Waals surface area contributed by atoms with E-state index in [-0.39, 0.29) is 31.1 Å². The SMILES string of the molecule is Cc1nc(-c2ccc3c(c2)N(CC(=O)OC2CCCC2)C(=O)CO3)cs1. The first-order chi connectivity index (χ1) is 12.6. The van der Waals surface area contributed by atoms with Gasteiger partial charge >= 0.3 is 5.97 Å². The number of esters is 1. The first kappa shape index (κ1) is 17.0. The van der Waals surface area contributed by atoms with Crippen molar-refractivity contribution in [1.29, 1.82) is 0 Å². The van der Waals surface area contributed by atoms with E-state index in [1.165, 1.54) is 4.90 Å². The van der Waals surface area contributed by atoms with Crippen LogP contribution in [0.2, 0.25) is 0 Å². The summed E-state index contributed by atoms with van der Waals surface area (Å²) in [6, 6.07) is 5.59. The van der Waals surface area contributed by atoms with Crippen LogP contribution in [0, 0.1) is 6.92 Å². The molecule has 0 N–H and O–H groups in total. The molecule has 2 aliphatic rings. The number of hydrogen-bond donors (Lipinski definition) is 0. The lowest BCUT2D eigenvalue weighted by atomic mass is 10.1. The highest BCUT2D eigenvalue weighted by Gasteiger charge is 2.29. The van der Waals surface area contributed by atoms with E-state index in [1.54, 1.807) is 11.3 Å². The fourth-order valence-corrected chi connectivity index (χ4v) is 4.01. The Bertz CT molecular complexity index is 842. The third-order valence-corrected chi connectivity index (χ3v) is 5.48. The average Bonchev–Trinajstić information content (AvgIpc) is 3.29. The van der Waals surface area contributed by atoms with Gasteiger partial charge < -0.3 is 9.47 Å².